The number of carbonyl (C=O) groups excluding carboxylic acids is 1. The van der Waals surface area contributed by atoms with E-state index in [1.807, 2.05) is 18.2 Å². The average Bonchev–Trinajstić information content (AvgIpc) is 2.47. The van der Waals surface area contributed by atoms with Crippen molar-refractivity contribution < 1.29 is 9.63 Å². The van der Waals surface area contributed by atoms with Gasteiger partial charge in [-0.25, -0.2) is 0 Å². The second-order valence-electron chi connectivity index (χ2n) is 4.32. The molecule has 22 heavy (non-hydrogen) atoms. The lowest BCUT2D eigenvalue weighted by Crippen LogP contribution is -2.19. The van der Waals surface area contributed by atoms with Crippen LogP contribution in [-0.4, -0.2) is 18.3 Å². The van der Waals surface area contributed by atoms with Gasteiger partial charge in [0, 0.05) is 21.3 Å². The van der Waals surface area contributed by atoms with E-state index in [2.05, 4.69) is 10.5 Å². The molecule has 0 bridgehead atoms. The van der Waals surface area contributed by atoms with Crippen LogP contribution in [0.3, 0.4) is 0 Å². The molecule has 0 aromatic heterocycles. The lowest BCUT2D eigenvalue weighted by molar-refractivity contribution is -0.120. The standard InChI is InChI=1S/C15H13Cl2N3O2/c16-11-6-12(17)8-13(7-11)19-14(21)9-22-20-15(18)10-4-2-1-3-5-10/h1-8H,9H2,(H2,18,20)(H,19,21). The zero-order valence-corrected chi connectivity index (χ0v) is 12.9. The van der Waals surface area contributed by atoms with E-state index in [9.17, 15) is 4.79 Å². The van der Waals surface area contributed by atoms with E-state index >= 15 is 0 Å². The quantitative estimate of drug-likeness (QED) is 0.499. The first kappa shape index (κ1) is 16.1. The van der Waals surface area contributed by atoms with Crippen molar-refractivity contribution in [2.24, 2.45) is 10.9 Å². The summed E-state index contributed by atoms with van der Waals surface area (Å²) in [5.41, 5.74) is 6.92. The van der Waals surface area contributed by atoms with Gasteiger partial charge in [0.05, 0.1) is 0 Å². The van der Waals surface area contributed by atoms with Crippen molar-refractivity contribution in [1.82, 2.24) is 0 Å². The van der Waals surface area contributed by atoms with Crippen LogP contribution < -0.4 is 11.1 Å². The predicted molar refractivity (Wildman–Crippen MR) is 88.2 cm³/mol. The van der Waals surface area contributed by atoms with Crippen molar-refractivity contribution in [3.63, 3.8) is 0 Å². The number of amides is 1. The molecule has 0 atom stereocenters. The summed E-state index contributed by atoms with van der Waals surface area (Å²) in [6.45, 7) is -0.280. The minimum atomic E-state index is -0.400. The number of halogens is 2. The number of benzene rings is 2. The van der Waals surface area contributed by atoms with E-state index in [-0.39, 0.29) is 12.4 Å². The summed E-state index contributed by atoms with van der Waals surface area (Å²) in [6, 6.07) is 13.8. The third-order valence-electron chi connectivity index (χ3n) is 2.57. The monoisotopic (exact) mass is 337 g/mol. The maximum Gasteiger partial charge on any atom is 0.265 e. The molecule has 3 N–H and O–H groups in total. The van der Waals surface area contributed by atoms with Crippen LogP contribution >= 0.6 is 23.2 Å². The van der Waals surface area contributed by atoms with E-state index in [4.69, 9.17) is 33.8 Å². The van der Waals surface area contributed by atoms with Crippen LogP contribution in [-0.2, 0) is 9.63 Å². The number of nitrogens with one attached hydrogen (secondary N) is 1. The molecular weight excluding hydrogens is 325 g/mol. The first-order chi connectivity index (χ1) is 10.5. The zero-order chi connectivity index (χ0) is 15.9. The normalized spacial score (nSPS) is 11.1. The van der Waals surface area contributed by atoms with E-state index in [1.54, 1.807) is 30.3 Å². The summed E-state index contributed by atoms with van der Waals surface area (Å²) in [4.78, 5) is 16.6. The van der Waals surface area contributed by atoms with Gasteiger partial charge in [-0.2, -0.15) is 0 Å². The summed E-state index contributed by atoms with van der Waals surface area (Å²) in [5, 5.41) is 7.14. The second-order valence-corrected chi connectivity index (χ2v) is 5.20. The molecule has 2 rings (SSSR count). The first-order valence-corrected chi connectivity index (χ1v) is 7.07. The maximum atomic E-state index is 11.7. The fourth-order valence-electron chi connectivity index (χ4n) is 1.65. The van der Waals surface area contributed by atoms with Gasteiger partial charge in [0.25, 0.3) is 5.91 Å². The highest BCUT2D eigenvalue weighted by atomic mass is 35.5. The first-order valence-electron chi connectivity index (χ1n) is 6.31. The van der Waals surface area contributed by atoms with Crippen LogP contribution in [0, 0.1) is 0 Å². The van der Waals surface area contributed by atoms with Gasteiger partial charge in [0.1, 0.15) is 0 Å². The predicted octanol–water partition coefficient (Wildman–Crippen LogP) is 3.27. The Kier molecular flexibility index (Phi) is 5.63. The number of hydrogen-bond donors (Lipinski definition) is 2. The number of anilines is 1. The van der Waals surface area contributed by atoms with Crippen LogP contribution in [0.4, 0.5) is 5.69 Å². The third kappa shape index (κ3) is 4.95. The highest BCUT2D eigenvalue weighted by molar-refractivity contribution is 6.35. The van der Waals surface area contributed by atoms with Crippen LogP contribution in [0.5, 0.6) is 0 Å². The molecule has 114 valence electrons. The Morgan fingerprint density at radius 1 is 1.14 bits per heavy atom. The molecule has 0 fully saturated rings. The van der Waals surface area contributed by atoms with Crippen molar-refractivity contribution in [2.75, 3.05) is 11.9 Å². The molecule has 5 nitrogen and oxygen atoms in total. The minimum absolute atomic E-state index is 0.194. The molecule has 0 heterocycles. The summed E-state index contributed by atoms with van der Waals surface area (Å²) in [7, 11) is 0. The molecule has 0 saturated heterocycles. The van der Waals surface area contributed by atoms with Gasteiger partial charge >= 0.3 is 0 Å². The largest absolute Gasteiger partial charge is 0.384 e. The van der Waals surface area contributed by atoms with Crippen molar-refractivity contribution in [3.8, 4) is 0 Å². The molecule has 0 saturated carbocycles. The topological polar surface area (TPSA) is 76.7 Å². The molecule has 0 aliphatic carbocycles. The molecule has 0 aliphatic rings. The Hall–Kier alpha value is -2.24. The maximum absolute atomic E-state index is 11.7. The highest BCUT2D eigenvalue weighted by Crippen LogP contribution is 2.22. The summed E-state index contributed by atoms with van der Waals surface area (Å²) in [6.07, 6.45) is 0. The van der Waals surface area contributed by atoms with Crippen molar-refractivity contribution in [2.45, 2.75) is 0 Å². The molecule has 0 spiro atoms. The number of nitrogens with two attached hydrogens (primary N) is 1. The number of amidine groups is 1. The van der Waals surface area contributed by atoms with Gasteiger partial charge in [0.15, 0.2) is 12.4 Å². The Balaban J connectivity index is 1.88. The number of oxime groups is 1. The van der Waals surface area contributed by atoms with E-state index < -0.39 is 5.91 Å². The molecule has 0 radical (unpaired) electrons. The van der Waals surface area contributed by atoms with Crippen molar-refractivity contribution in [1.29, 1.82) is 0 Å². The highest BCUT2D eigenvalue weighted by Gasteiger charge is 2.05. The Morgan fingerprint density at radius 2 is 1.77 bits per heavy atom. The zero-order valence-electron chi connectivity index (χ0n) is 11.4. The van der Waals surface area contributed by atoms with Gasteiger partial charge in [-0.05, 0) is 18.2 Å². The van der Waals surface area contributed by atoms with Crippen LogP contribution in [0.2, 0.25) is 10.0 Å². The van der Waals surface area contributed by atoms with E-state index in [0.29, 0.717) is 21.3 Å². The van der Waals surface area contributed by atoms with E-state index in [0.717, 1.165) is 0 Å². The van der Waals surface area contributed by atoms with Crippen LogP contribution in [0.1, 0.15) is 5.56 Å². The minimum Gasteiger partial charge on any atom is -0.384 e. The number of carbonyl (C=O) groups is 1. The SMILES string of the molecule is N/C(=N\OCC(=O)Nc1cc(Cl)cc(Cl)c1)c1ccccc1. The van der Waals surface area contributed by atoms with Crippen LogP contribution in [0.25, 0.3) is 0 Å². The lowest BCUT2D eigenvalue weighted by atomic mass is 10.2. The van der Waals surface area contributed by atoms with Gasteiger partial charge in [-0.15, -0.1) is 0 Å². The molecule has 0 aliphatic heterocycles. The second kappa shape index (κ2) is 7.68. The molecule has 2 aromatic rings. The molecule has 7 heteroatoms. The molecular formula is C15H13Cl2N3O2. The Labute approximate surface area is 137 Å². The Bertz CT molecular complexity index is 670. The molecule has 2 aromatic carbocycles. The van der Waals surface area contributed by atoms with Crippen molar-refractivity contribution >= 4 is 40.6 Å². The van der Waals surface area contributed by atoms with Crippen molar-refractivity contribution in [3.05, 3.63) is 64.1 Å². The molecule has 0 unspecified atom stereocenters. The number of nitrogens with zero attached hydrogens (tertiary/aromatic N) is 1. The van der Waals surface area contributed by atoms with Crippen LogP contribution in [0.15, 0.2) is 53.7 Å². The number of rotatable bonds is 5. The fourth-order valence-corrected chi connectivity index (χ4v) is 2.17. The summed E-state index contributed by atoms with van der Waals surface area (Å²) < 4.78 is 0. The average molecular weight is 338 g/mol. The lowest BCUT2D eigenvalue weighted by Gasteiger charge is -2.06. The number of hydrogen-bond acceptors (Lipinski definition) is 3. The summed E-state index contributed by atoms with van der Waals surface area (Å²) in [5.74, 6) is -0.206. The van der Waals surface area contributed by atoms with Gasteiger partial charge in [0.2, 0.25) is 0 Å². The molecule has 1 amide bonds. The third-order valence-corrected chi connectivity index (χ3v) is 3.01. The van der Waals surface area contributed by atoms with E-state index in [1.165, 1.54) is 0 Å². The fraction of sp³-hybridized carbons (Fsp3) is 0.0667. The van der Waals surface area contributed by atoms with Gasteiger partial charge in [-0.3, -0.25) is 4.79 Å². The van der Waals surface area contributed by atoms with Gasteiger partial charge < -0.3 is 15.9 Å². The Morgan fingerprint density at radius 3 is 2.41 bits per heavy atom. The summed E-state index contributed by atoms with van der Waals surface area (Å²) >= 11 is 11.7. The smallest absolute Gasteiger partial charge is 0.265 e. The van der Waals surface area contributed by atoms with Gasteiger partial charge in [-0.1, -0.05) is 58.7 Å².